The minimum absolute atomic E-state index is 0.0552. The van der Waals surface area contributed by atoms with Crippen molar-refractivity contribution in [1.29, 1.82) is 0 Å². The normalized spacial score (nSPS) is 11.3. The van der Waals surface area contributed by atoms with Crippen molar-refractivity contribution in [2.45, 2.75) is 19.4 Å². The minimum Gasteiger partial charge on any atom is -0.480 e. The predicted octanol–water partition coefficient (Wildman–Crippen LogP) is 0.596. The molecule has 0 saturated heterocycles. The molecule has 0 saturated carbocycles. The van der Waals surface area contributed by atoms with Gasteiger partial charge in [0.05, 0.1) is 5.56 Å². The van der Waals surface area contributed by atoms with E-state index in [1.165, 1.54) is 6.20 Å². The number of carboxylic acids is 1. The molecule has 0 aliphatic rings. The highest BCUT2D eigenvalue weighted by molar-refractivity contribution is 5.96. The Morgan fingerprint density at radius 1 is 1.59 bits per heavy atom. The van der Waals surface area contributed by atoms with Gasteiger partial charge in [0.2, 0.25) is 0 Å². The van der Waals surface area contributed by atoms with Gasteiger partial charge in [0.25, 0.3) is 5.91 Å². The van der Waals surface area contributed by atoms with Crippen LogP contribution in [0.25, 0.3) is 0 Å². The summed E-state index contributed by atoms with van der Waals surface area (Å²) in [7, 11) is 0. The van der Waals surface area contributed by atoms with Crippen molar-refractivity contribution < 1.29 is 14.7 Å². The van der Waals surface area contributed by atoms with Gasteiger partial charge in [-0.05, 0) is 18.6 Å². The van der Waals surface area contributed by atoms with Crippen LogP contribution >= 0.6 is 0 Å². The zero-order valence-corrected chi connectivity index (χ0v) is 9.30. The first kappa shape index (κ1) is 12.7. The molecule has 0 spiro atoms. The summed E-state index contributed by atoms with van der Waals surface area (Å²) in [4.78, 5) is 26.4. The molecule has 5 nitrogen and oxygen atoms in total. The highest BCUT2D eigenvalue weighted by Crippen LogP contribution is 2.02. The lowest BCUT2D eigenvalue weighted by Crippen LogP contribution is -2.40. The third kappa shape index (κ3) is 3.61. The van der Waals surface area contributed by atoms with Gasteiger partial charge in [-0.1, -0.05) is 0 Å². The Labute approximate surface area is 98.9 Å². The molecule has 0 bridgehead atoms. The van der Waals surface area contributed by atoms with E-state index in [0.717, 1.165) is 5.56 Å². The topological polar surface area (TPSA) is 79.3 Å². The van der Waals surface area contributed by atoms with Gasteiger partial charge in [0, 0.05) is 18.8 Å². The monoisotopic (exact) mass is 232 g/mol. The number of pyridine rings is 1. The van der Waals surface area contributed by atoms with Crippen molar-refractivity contribution in [1.82, 2.24) is 10.3 Å². The van der Waals surface area contributed by atoms with Crippen LogP contribution in [-0.4, -0.2) is 28.0 Å². The zero-order chi connectivity index (χ0) is 12.8. The third-order valence-corrected chi connectivity index (χ3v) is 2.06. The first-order valence-corrected chi connectivity index (χ1v) is 4.93. The lowest BCUT2D eigenvalue weighted by atomic mass is 10.1. The minimum atomic E-state index is -1.16. The van der Waals surface area contributed by atoms with Crippen LogP contribution in [0.15, 0.2) is 18.5 Å². The van der Waals surface area contributed by atoms with E-state index in [-0.39, 0.29) is 6.42 Å². The maximum absolute atomic E-state index is 11.7. The van der Waals surface area contributed by atoms with Crippen molar-refractivity contribution >= 4 is 11.9 Å². The molecule has 1 unspecified atom stereocenters. The fourth-order valence-electron chi connectivity index (χ4n) is 1.24. The van der Waals surface area contributed by atoms with Crippen LogP contribution in [0.2, 0.25) is 0 Å². The number of carboxylic acid groups (broad SMARTS) is 1. The summed E-state index contributed by atoms with van der Waals surface area (Å²) in [6.07, 6.45) is 7.95. The molecule has 1 atom stereocenters. The Morgan fingerprint density at radius 2 is 2.29 bits per heavy atom. The standard InChI is InChI=1S/C12H12N2O3/c1-3-4-10(12(16)17)14-11(15)9-5-8(2)6-13-7-9/h1,5-7,10H,4H2,2H3,(H,14,15)(H,16,17). The number of aryl methyl sites for hydroxylation is 1. The number of terminal acetylenes is 1. The Balaban J connectivity index is 2.78. The van der Waals surface area contributed by atoms with Crippen LogP contribution in [0.5, 0.6) is 0 Å². The molecular formula is C12H12N2O3. The fourth-order valence-corrected chi connectivity index (χ4v) is 1.24. The molecule has 88 valence electrons. The number of nitrogens with one attached hydrogen (secondary N) is 1. The number of aliphatic carboxylic acids is 1. The molecule has 2 N–H and O–H groups in total. The molecule has 0 aliphatic heterocycles. The summed E-state index contributed by atoms with van der Waals surface area (Å²) in [6, 6.07) is 0.546. The second kappa shape index (κ2) is 5.66. The average molecular weight is 232 g/mol. The van der Waals surface area contributed by atoms with E-state index in [1.807, 2.05) is 0 Å². The molecule has 0 radical (unpaired) electrons. The summed E-state index contributed by atoms with van der Waals surface area (Å²) < 4.78 is 0. The van der Waals surface area contributed by atoms with E-state index in [0.29, 0.717) is 5.56 Å². The molecule has 1 rings (SSSR count). The molecule has 0 aromatic carbocycles. The van der Waals surface area contributed by atoms with Crippen molar-refractivity contribution in [3.05, 3.63) is 29.6 Å². The number of carbonyl (C=O) groups is 2. The van der Waals surface area contributed by atoms with Gasteiger partial charge in [0.15, 0.2) is 0 Å². The molecule has 1 aromatic heterocycles. The Hall–Kier alpha value is -2.35. The predicted molar refractivity (Wildman–Crippen MR) is 61.3 cm³/mol. The van der Waals surface area contributed by atoms with Crippen LogP contribution in [0, 0.1) is 19.3 Å². The van der Waals surface area contributed by atoms with Gasteiger partial charge in [-0.3, -0.25) is 9.78 Å². The lowest BCUT2D eigenvalue weighted by Gasteiger charge is -2.11. The van der Waals surface area contributed by atoms with Crippen LogP contribution in [0.3, 0.4) is 0 Å². The first-order valence-electron chi connectivity index (χ1n) is 4.93. The number of aromatic nitrogens is 1. The van der Waals surface area contributed by atoms with E-state index >= 15 is 0 Å². The second-order valence-electron chi connectivity index (χ2n) is 3.52. The Morgan fingerprint density at radius 3 is 2.82 bits per heavy atom. The molecule has 5 heteroatoms. The number of rotatable bonds is 4. The fraction of sp³-hybridized carbons (Fsp3) is 0.250. The first-order chi connectivity index (χ1) is 8.04. The number of nitrogens with zero attached hydrogens (tertiary/aromatic N) is 1. The second-order valence-corrected chi connectivity index (χ2v) is 3.52. The van der Waals surface area contributed by atoms with Crippen LogP contribution in [0.4, 0.5) is 0 Å². The van der Waals surface area contributed by atoms with E-state index < -0.39 is 17.9 Å². The maximum Gasteiger partial charge on any atom is 0.327 e. The molecule has 17 heavy (non-hydrogen) atoms. The third-order valence-electron chi connectivity index (χ3n) is 2.06. The highest BCUT2D eigenvalue weighted by atomic mass is 16.4. The Kier molecular flexibility index (Phi) is 4.23. The number of hydrogen-bond donors (Lipinski definition) is 2. The summed E-state index contributed by atoms with van der Waals surface area (Å²) in [5.74, 6) is 0.554. The van der Waals surface area contributed by atoms with E-state index in [2.05, 4.69) is 16.2 Å². The number of hydrogen-bond acceptors (Lipinski definition) is 3. The van der Waals surface area contributed by atoms with Crippen molar-refractivity contribution in [2.24, 2.45) is 0 Å². The smallest absolute Gasteiger partial charge is 0.327 e. The van der Waals surface area contributed by atoms with Crippen LogP contribution in [0.1, 0.15) is 22.3 Å². The summed E-state index contributed by atoms with van der Waals surface area (Å²) in [6.45, 7) is 1.79. The average Bonchev–Trinajstić information content (AvgIpc) is 2.28. The van der Waals surface area contributed by atoms with Gasteiger partial charge in [-0.15, -0.1) is 12.3 Å². The number of carbonyl (C=O) groups excluding carboxylic acids is 1. The summed E-state index contributed by atoms with van der Waals surface area (Å²) in [5.41, 5.74) is 1.13. The quantitative estimate of drug-likeness (QED) is 0.745. The van der Waals surface area contributed by atoms with Gasteiger partial charge in [0.1, 0.15) is 6.04 Å². The van der Waals surface area contributed by atoms with Crippen LogP contribution in [-0.2, 0) is 4.79 Å². The van der Waals surface area contributed by atoms with Gasteiger partial charge in [-0.25, -0.2) is 4.79 Å². The molecular weight excluding hydrogens is 220 g/mol. The van der Waals surface area contributed by atoms with E-state index in [9.17, 15) is 9.59 Å². The summed E-state index contributed by atoms with van der Waals surface area (Å²) in [5, 5.41) is 11.2. The largest absolute Gasteiger partial charge is 0.480 e. The molecule has 1 amide bonds. The van der Waals surface area contributed by atoms with E-state index in [4.69, 9.17) is 11.5 Å². The van der Waals surface area contributed by atoms with Crippen molar-refractivity contribution in [3.63, 3.8) is 0 Å². The maximum atomic E-state index is 11.7. The zero-order valence-electron chi connectivity index (χ0n) is 9.30. The van der Waals surface area contributed by atoms with Gasteiger partial charge >= 0.3 is 5.97 Å². The molecule has 0 aliphatic carbocycles. The lowest BCUT2D eigenvalue weighted by molar-refractivity contribution is -0.139. The SMILES string of the molecule is C#CCC(NC(=O)c1cncc(C)c1)C(=O)O. The van der Waals surface area contributed by atoms with Gasteiger partial charge < -0.3 is 10.4 Å². The molecule has 1 heterocycles. The van der Waals surface area contributed by atoms with Crippen molar-refractivity contribution in [2.75, 3.05) is 0 Å². The summed E-state index contributed by atoms with van der Waals surface area (Å²) >= 11 is 0. The Bertz CT molecular complexity index is 477. The van der Waals surface area contributed by atoms with Crippen molar-refractivity contribution in [3.8, 4) is 12.3 Å². The molecule has 1 aromatic rings. The molecule has 0 fully saturated rings. The van der Waals surface area contributed by atoms with E-state index in [1.54, 1.807) is 19.2 Å². The van der Waals surface area contributed by atoms with Gasteiger partial charge in [-0.2, -0.15) is 0 Å². The van der Waals surface area contributed by atoms with Crippen LogP contribution < -0.4 is 5.32 Å². The highest BCUT2D eigenvalue weighted by Gasteiger charge is 2.19. The number of amides is 1.